The smallest absolute Gasteiger partial charge is 0.330 e. The van der Waals surface area contributed by atoms with Crippen LogP contribution >= 0.6 is 0 Å². The van der Waals surface area contributed by atoms with Gasteiger partial charge in [0, 0.05) is 24.6 Å². The summed E-state index contributed by atoms with van der Waals surface area (Å²) < 4.78 is 15.0. The molecule has 0 heterocycles. The number of unbranched alkanes of at least 4 members (excludes halogenated alkanes) is 3. The van der Waals surface area contributed by atoms with Gasteiger partial charge in [-0.3, -0.25) is 4.79 Å². The standard InChI is InChI=1S/C34H38O7/c1-3-8-31(35)21-17-27-9-11-29(12-10-27)19-23-33(37)40-25-6-4-5-7-26-41-34(38)24-20-30-15-13-28(14-16-30)18-22-32(36)39-2/h9-24H,3-8,25-26H2,1-2H3. The molecule has 0 aliphatic carbocycles. The normalized spacial score (nSPS) is 11.5. The van der Waals surface area contributed by atoms with Crippen molar-refractivity contribution in [3.8, 4) is 0 Å². The highest BCUT2D eigenvalue weighted by Gasteiger charge is 2.00. The van der Waals surface area contributed by atoms with E-state index in [1.165, 1.54) is 25.3 Å². The minimum atomic E-state index is -0.421. The van der Waals surface area contributed by atoms with Crippen molar-refractivity contribution in [2.24, 2.45) is 0 Å². The van der Waals surface area contributed by atoms with E-state index in [4.69, 9.17) is 9.47 Å². The summed E-state index contributed by atoms with van der Waals surface area (Å²) in [6.07, 6.45) is 17.1. The molecule has 0 bridgehead atoms. The highest BCUT2D eigenvalue weighted by atomic mass is 16.5. The number of carbonyl (C=O) groups excluding carboxylic acids is 4. The predicted molar refractivity (Wildman–Crippen MR) is 161 cm³/mol. The highest BCUT2D eigenvalue weighted by Crippen LogP contribution is 2.10. The Labute approximate surface area is 242 Å². The average Bonchev–Trinajstić information content (AvgIpc) is 2.99. The number of esters is 3. The number of benzene rings is 2. The minimum Gasteiger partial charge on any atom is -0.466 e. The van der Waals surface area contributed by atoms with Gasteiger partial charge in [-0.1, -0.05) is 61.5 Å². The minimum absolute atomic E-state index is 0.111. The number of rotatable bonds is 17. The summed E-state index contributed by atoms with van der Waals surface area (Å²) >= 11 is 0. The van der Waals surface area contributed by atoms with Crippen LogP contribution in [-0.4, -0.2) is 44.0 Å². The molecule has 2 aromatic carbocycles. The van der Waals surface area contributed by atoms with Crippen LogP contribution < -0.4 is 0 Å². The fourth-order valence-electron chi connectivity index (χ4n) is 3.52. The largest absolute Gasteiger partial charge is 0.466 e. The molecule has 0 saturated heterocycles. The van der Waals surface area contributed by atoms with Crippen molar-refractivity contribution in [2.45, 2.75) is 45.4 Å². The molecular weight excluding hydrogens is 520 g/mol. The number of hydrogen-bond donors (Lipinski definition) is 0. The molecule has 0 saturated carbocycles. The maximum atomic E-state index is 11.9. The summed E-state index contributed by atoms with van der Waals surface area (Å²) in [6, 6.07) is 14.9. The molecule has 2 rings (SSSR count). The van der Waals surface area contributed by atoms with Crippen molar-refractivity contribution in [1.29, 1.82) is 0 Å². The van der Waals surface area contributed by atoms with Gasteiger partial charge in [-0.2, -0.15) is 0 Å². The average molecular weight is 559 g/mol. The second-order valence-electron chi connectivity index (χ2n) is 9.16. The van der Waals surface area contributed by atoms with E-state index in [0.717, 1.165) is 54.4 Å². The lowest BCUT2D eigenvalue weighted by Gasteiger charge is -2.04. The van der Waals surface area contributed by atoms with Crippen LogP contribution in [0.25, 0.3) is 24.3 Å². The SMILES string of the molecule is CCCC(=O)C=Cc1ccc(C=CC(=O)OCCCCCCOC(=O)C=Cc2ccc(C=CC(=O)OC)cc2)cc1. The van der Waals surface area contributed by atoms with Crippen molar-refractivity contribution in [3.63, 3.8) is 0 Å². The van der Waals surface area contributed by atoms with E-state index in [-0.39, 0.29) is 5.78 Å². The fourth-order valence-corrected chi connectivity index (χ4v) is 3.52. The van der Waals surface area contributed by atoms with E-state index in [1.54, 1.807) is 30.4 Å². The topological polar surface area (TPSA) is 96.0 Å². The molecule has 0 atom stereocenters. The third-order valence-corrected chi connectivity index (χ3v) is 5.80. The van der Waals surface area contributed by atoms with Gasteiger partial charge >= 0.3 is 17.9 Å². The van der Waals surface area contributed by atoms with Crippen molar-refractivity contribution >= 4 is 48.0 Å². The van der Waals surface area contributed by atoms with Gasteiger partial charge in [-0.25, -0.2) is 14.4 Å². The molecule has 0 unspecified atom stereocenters. The molecule has 0 aliphatic heterocycles. The molecular formula is C34H38O7. The Morgan fingerprint density at radius 3 is 1.29 bits per heavy atom. The molecule has 2 aromatic rings. The molecule has 0 amide bonds. The molecule has 216 valence electrons. The summed E-state index contributed by atoms with van der Waals surface area (Å²) in [5.74, 6) is -1.12. The van der Waals surface area contributed by atoms with E-state index < -0.39 is 17.9 Å². The number of carbonyl (C=O) groups is 4. The summed E-state index contributed by atoms with van der Waals surface area (Å²) in [6.45, 7) is 2.63. The van der Waals surface area contributed by atoms with Crippen LogP contribution in [0.2, 0.25) is 0 Å². The monoisotopic (exact) mass is 558 g/mol. The lowest BCUT2D eigenvalue weighted by Crippen LogP contribution is -2.03. The Balaban J connectivity index is 1.54. The van der Waals surface area contributed by atoms with E-state index in [1.807, 2.05) is 55.5 Å². The van der Waals surface area contributed by atoms with Gasteiger partial charge in [0.05, 0.1) is 20.3 Å². The maximum absolute atomic E-state index is 11.9. The Morgan fingerprint density at radius 1 is 0.561 bits per heavy atom. The van der Waals surface area contributed by atoms with Crippen LogP contribution in [0.15, 0.2) is 72.8 Å². The number of ketones is 1. The number of ether oxygens (including phenoxy) is 3. The Hall–Kier alpha value is -4.52. The lowest BCUT2D eigenvalue weighted by atomic mass is 10.1. The van der Waals surface area contributed by atoms with E-state index in [9.17, 15) is 19.2 Å². The van der Waals surface area contributed by atoms with Crippen molar-refractivity contribution in [1.82, 2.24) is 0 Å². The van der Waals surface area contributed by atoms with Gasteiger partial charge in [0.2, 0.25) is 0 Å². The predicted octanol–water partition coefficient (Wildman–Crippen LogP) is 6.63. The van der Waals surface area contributed by atoms with E-state index >= 15 is 0 Å². The van der Waals surface area contributed by atoms with Gasteiger partial charge in [0.1, 0.15) is 0 Å². The van der Waals surface area contributed by atoms with Crippen LogP contribution in [0.1, 0.15) is 67.7 Å². The highest BCUT2D eigenvalue weighted by molar-refractivity contribution is 5.93. The zero-order valence-corrected chi connectivity index (χ0v) is 23.8. The number of methoxy groups -OCH3 is 1. The van der Waals surface area contributed by atoms with Crippen LogP contribution in [0, 0.1) is 0 Å². The van der Waals surface area contributed by atoms with Crippen LogP contribution in [0.4, 0.5) is 0 Å². The second-order valence-corrected chi connectivity index (χ2v) is 9.16. The van der Waals surface area contributed by atoms with Gasteiger partial charge < -0.3 is 14.2 Å². The third kappa shape index (κ3) is 15.0. The third-order valence-electron chi connectivity index (χ3n) is 5.80. The molecule has 41 heavy (non-hydrogen) atoms. The van der Waals surface area contributed by atoms with Crippen LogP contribution in [0.3, 0.4) is 0 Å². The first kappa shape index (κ1) is 32.7. The number of allylic oxidation sites excluding steroid dienone is 1. The van der Waals surface area contributed by atoms with Crippen molar-refractivity contribution in [2.75, 3.05) is 20.3 Å². The van der Waals surface area contributed by atoms with Crippen molar-refractivity contribution in [3.05, 3.63) is 95.1 Å². The van der Waals surface area contributed by atoms with Crippen molar-refractivity contribution < 1.29 is 33.4 Å². The molecule has 0 aliphatic rings. The van der Waals surface area contributed by atoms with Gasteiger partial charge in [-0.15, -0.1) is 0 Å². The summed E-state index contributed by atoms with van der Waals surface area (Å²) in [5.41, 5.74) is 3.47. The summed E-state index contributed by atoms with van der Waals surface area (Å²) in [5, 5.41) is 0. The molecule has 0 radical (unpaired) electrons. The Morgan fingerprint density at radius 2 is 0.927 bits per heavy atom. The Bertz CT molecular complexity index is 1230. The molecule has 0 fully saturated rings. The zero-order chi connectivity index (χ0) is 29.7. The Kier molecular flexibility index (Phi) is 15.6. The molecule has 0 N–H and O–H groups in total. The summed E-state index contributed by atoms with van der Waals surface area (Å²) in [7, 11) is 1.32. The first-order chi connectivity index (χ1) is 19.9. The first-order valence-corrected chi connectivity index (χ1v) is 13.8. The maximum Gasteiger partial charge on any atom is 0.330 e. The van der Waals surface area contributed by atoms with E-state index in [0.29, 0.717) is 19.6 Å². The van der Waals surface area contributed by atoms with E-state index in [2.05, 4.69) is 4.74 Å². The van der Waals surface area contributed by atoms with Crippen LogP contribution in [0.5, 0.6) is 0 Å². The van der Waals surface area contributed by atoms with Gasteiger partial charge in [-0.05, 0) is 78.7 Å². The number of hydrogen-bond acceptors (Lipinski definition) is 7. The molecule has 7 heteroatoms. The van der Waals surface area contributed by atoms with Gasteiger partial charge in [0.25, 0.3) is 0 Å². The zero-order valence-electron chi connectivity index (χ0n) is 23.8. The molecule has 0 spiro atoms. The van der Waals surface area contributed by atoms with Gasteiger partial charge in [0.15, 0.2) is 5.78 Å². The molecule has 7 nitrogen and oxygen atoms in total. The first-order valence-electron chi connectivity index (χ1n) is 13.8. The lowest BCUT2D eigenvalue weighted by molar-refractivity contribution is -0.139. The second kappa shape index (κ2) is 19.5. The summed E-state index contributed by atoms with van der Waals surface area (Å²) in [4.78, 5) is 46.6. The fraction of sp³-hybridized carbons (Fsp3) is 0.294. The van der Waals surface area contributed by atoms with Crippen LogP contribution in [-0.2, 0) is 33.4 Å². The molecule has 0 aromatic heterocycles. The quantitative estimate of drug-likeness (QED) is 0.0931.